The van der Waals surface area contributed by atoms with Gasteiger partial charge in [-0.3, -0.25) is 9.36 Å². The van der Waals surface area contributed by atoms with Crippen molar-refractivity contribution in [3.8, 4) is 5.75 Å². The number of rotatable bonds is 9. The van der Waals surface area contributed by atoms with Crippen LogP contribution in [0, 0.1) is 0 Å². The maximum atomic E-state index is 12.1. The Hall–Kier alpha value is -3.33. The minimum Gasteiger partial charge on any atom is -0.492 e. The number of ether oxygens (including phenoxy) is 2. The smallest absolute Gasteiger partial charge is 0.323 e. The molecule has 0 spiro atoms. The van der Waals surface area contributed by atoms with E-state index in [1.807, 2.05) is 24.4 Å². The summed E-state index contributed by atoms with van der Waals surface area (Å²) in [4.78, 5) is 12.1. The summed E-state index contributed by atoms with van der Waals surface area (Å²) >= 11 is 0. The minimum atomic E-state index is -0.352. The second kappa shape index (κ2) is 9.39. The van der Waals surface area contributed by atoms with E-state index in [2.05, 4.69) is 20.8 Å². The van der Waals surface area contributed by atoms with Gasteiger partial charge in [0.25, 0.3) is 0 Å². The van der Waals surface area contributed by atoms with Crippen LogP contribution in [0.3, 0.4) is 0 Å². The Morgan fingerprint density at radius 3 is 2.74 bits per heavy atom. The Kier molecular flexibility index (Phi) is 6.42. The van der Waals surface area contributed by atoms with Crippen molar-refractivity contribution in [2.45, 2.75) is 13.1 Å². The number of aromatic nitrogens is 4. The molecule has 2 heterocycles. The highest BCUT2D eigenvalue weighted by molar-refractivity contribution is 5.99. The molecule has 0 saturated carbocycles. The Bertz CT molecular complexity index is 846. The van der Waals surface area contributed by atoms with Crippen molar-refractivity contribution < 1.29 is 14.3 Å². The van der Waals surface area contributed by atoms with Gasteiger partial charge in [-0.2, -0.15) is 10.2 Å². The van der Waals surface area contributed by atoms with Gasteiger partial charge in [0, 0.05) is 37.5 Å². The van der Waals surface area contributed by atoms with Gasteiger partial charge in [-0.1, -0.05) is 6.07 Å². The van der Waals surface area contributed by atoms with Gasteiger partial charge in [-0.05, 0) is 18.2 Å². The highest BCUT2D eigenvalue weighted by Crippen LogP contribution is 2.18. The molecule has 2 N–H and O–H groups in total. The van der Waals surface area contributed by atoms with Gasteiger partial charge < -0.3 is 20.1 Å². The molecule has 142 valence electrons. The molecule has 9 nitrogen and oxygen atoms in total. The fraction of sp³-hybridized carbons (Fsp3) is 0.278. The van der Waals surface area contributed by atoms with Crippen LogP contribution in [0.1, 0.15) is 0 Å². The zero-order chi connectivity index (χ0) is 18.9. The number of hydrogen-bond acceptors (Lipinski definition) is 5. The lowest BCUT2D eigenvalue weighted by molar-refractivity contribution is 0.183. The third-order valence-electron chi connectivity index (χ3n) is 3.66. The number of nitrogens with zero attached hydrogens (tertiary/aromatic N) is 4. The average Bonchev–Trinajstić information content (AvgIpc) is 3.32. The van der Waals surface area contributed by atoms with E-state index in [0.29, 0.717) is 43.4 Å². The van der Waals surface area contributed by atoms with E-state index in [4.69, 9.17) is 9.47 Å². The number of nitrogens with one attached hydrogen (secondary N) is 2. The predicted molar refractivity (Wildman–Crippen MR) is 101 cm³/mol. The molecule has 1 aromatic carbocycles. The number of methoxy groups -OCH3 is 1. The van der Waals surface area contributed by atoms with Crippen LogP contribution in [0.4, 0.5) is 16.2 Å². The number of hydrogen-bond donors (Lipinski definition) is 2. The summed E-state index contributed by atoms with van der Waals surface area (Å²) in [5, 5.41) is 13.8. The fourth-order valence-corrected chi connectivity index (χ4v) is 2.38. The minimum absolute atomic E-state index is 0.352. The molecule has 0 atom stereocenters. The standard InChI is InChI=1S/C18H22N6O3/c1-26-10-8-24-14-16(13-20-24)22-18(25)21-15-4-2-5-17(12-15)27-11-9-23-7-3-6-19-23/h2-7,12-14H,8-11H2,1H3,(H2,21,22,25). The van der Waals surface area contributed by atoms with Gasteiger partial charge in [0.15, 0.2) is 0 Å². The van der Waals surface area contributed by atoms with Gasteiger partial charge >= 0.3 is 6.03 Å². The molecule has 0 bridgehead atoms. The van der Waals surface area contributed by atoms with E-state index in [1.165, 1.54) is 0 Å². The molecule has 0 unspecified atom stereocenters. The van der Waals surface area contributed by atoms with Crippen molar-refractivity contribution in [1.29, 1.82) is 0 Å². The first-order chi connectivity index (χ1) is 13.2. The molecule has 2 amide bonds. The fourth-order valence-electron chi connectivity index (χ4n) is 2.38. The summed E-state index contributed by atoms with van der Waals surface area (Å²) in [5.74, 6) is 0.673. The molecule has 0 saturated heterocycles. The van der Waals surface area contributed by atoms with Crippen LogP contribution in [0.25, 0.3) is 0 Å². The van der Waals surface area contributed by atoms with Gasteiger partial charge in [-0.25, -0.2) is 4.79 Å². The monoisotopic (exact) mass is 370 g/mol. The normalized spacial score (nSPS) is 10.6. The van der Waals surface area contributed by atoms with E-state index in [0.717, 1.165) is 0 Å². The van der Waals surface area contributed by atoms with Crippen LogP contribution in [0.15, 0.2) is 55.1 Å². The lowest BCUT2D eigenvalue weighted by atomic mass is 10.3. The zero-order valence-corrected chi connectivity index (χ0v) is 15.0. The highest BCUT2D eigenvalue weighted by atomic mass is 16.5. The summed E-state index contributed by atoms with van der Waals surface area (Å²) < 4.78 is 14.2. The largest absolute Gasteiger partial charge is 0.492 e. The van der Waals surface area contributed by atoms with E-state index >= 15 is 0 Å². The Morgan fingerprint density at radius 1 is 1.07 bits per heavy atom. The van der Waals surface area contributed by atoms with E-state index in [1.54, 1.807) is 47.2 Å². The molecule has 0 aliphatic rings. The molecule has 0 aliphatic heterocycles. The number of anilines is 2. The molecule has 0 radical (unpaired) electrons. The summed E-state index contributed by atoms with van der Waals surface area (Å²) in [7, 11) is 1.63. The summed E-state index contributed by atoms with van der Waals surface area (Å²) in [6.07, 6.45) is 6.94. The first kappa shape index (κ1) is 18.5. The van der Waals surface area contributed by atoms with Crippen molar-refractivity contribution in [2.75, 3.05) is 31.0 Å². The molecular formula is C18H22N6O3. The summed E-state index contributed by atoms with van der Waals surface area (Å²) in [6.45, 7) is 2.31. The number of urea groups is 1. The topological polar surface area (TPSA) is 95.2 Å². The molecule has 3 aromatic rings. The van der Waals surface area contributed by atoms with Gasteiger partial charge in [0.05, 0.1) is 31.6 Å². The number of amides is 2. The van der Waals surface area contributed by atoms with Crippen LogP contribution in [0.2, 0.25) is 0 Å². The lowest BCUT2D eigenvalue weighted by Gasteiger charge is -2.09. The van der Waals surface area contributed by atoms with Crippen LogP contribution >= 0.6 is 0 Å². The Labute approximate surface area is 156 Å². The number of carbonyl (C=O) groups excluding carboxylic acids is 1. The molecule has 2 aromatic heterocycles. The number of benzene rings is 1. The third kappa shape index (κ3) is 5.86. The van der Waals surface area contributed by atoms with Gasteiger partial charge in [0.2, 0.25) is 0 Å². The summed E-state index contributed by atoms with van der Waals surface area (Å²) in [6, 6.07) is 8.74. The number of carbonyl (C=O) groups is 1. The lowest BCUT2D eigenvalue weighted by Crippen LogP contribution is -2.19. The molecule has 3 rings (SSSR count). The van der Waals surface area contributed by atoms with Crippen molar-refractivity contribution in [2.24, 2.45) is 0 Å². The molecular weight excluding hydrogens is 348 g/mol. The van der Waals surface area contributed by atoms with Crippen molar-refractivity contribution in [1.82, 2.24) is 19.6 Å². The Morgan fingerprint density at radius 2 is 1.93 bits per heavy atom. The van der Waals surface area contributed by atoms with Crippen molar-refractivity contribution in [3.05, 3.63) is 55.1 Å². The maximum Gasteiger partial charge on any atom is 0.323 e. The second-order valence-electron chi connectivity index (χ2n) is 5.71. The highest BCUT2D eigenvalue weighted by Gasteiger charge is 2.06. The first-order valence-electron chi connectivity index (χ1n) is 8.52. The van der Waals surface area contributed by atoms with E-state index in [-0.39, 0.29) is 6.03 Å². The van der Waals surface area contributed by atoms with Crippen molar-refractivity contribution in [3.63, 3.8) is 0 Å². The third-order valence-corrected chi connectivity index (χ3v) is 3.66. The quantitative estimate of drug-likeness (QED) is 0.603. The second-order valence-corrected chi connectivity index (χ2v) is 5.71. The average molecular weight is 370 g/mol. The van der Waals surface area contributed by atoms with Crippen LogP contribution in [-0.4, -0.2) is 45.9 Å². The van der Waals surface area contributed by atoms with Crippen molar-refractivity contribution >= 4 is 17.4 Å². The van der Waals surface area contributed by atoms with E-state index < -0.39 is 0 Å². The van der Waals surface area contributed by atoms with E-state index in [9.17, 15) is 4.79 Å². The first-order valence-corrected chi connectivity index (χ1v) is 8.52. The maximum absolute atomic E-state index is 12.1. The molecule has 9 heteroatoms. The molecule has 0 aliphatic carbocycles. The van der Waals surface area contributed by atoms with Gasteiger partial charge in [-0.15, -0.1) is 0 Å². The van der Waals surface area contributed by atoms with Crippen LogP contribution in [0.5, 0.6) is 5.75 Å². The Balaban J connectivity index is 1.48. The molecule has 0 fully saturated rings. The predicted octanol–water partition coefficient (Wildman–Crippen LogP) is 2.45. The molecule has 27 heavy (non-hydrogen) atoms. The SMILES string of the molecule is COCCn1cc(NC(=O)Nc2cccc(OCCn3cccn3)c2)cn1. The summed E-state index contributed by atoms with van der Waals surface area (Å²) in [5.41, 5.74) is 1.24. The van der Waals surface area contributed by atoms with Gasteiger partial charge in [0.1, 0.15) is 12.4 Å². The van der Waals surface area contributed by atoms with Crippen LogP contribution < -0.4 is 15.4 Å². The van der Waals surface area contributed by atoms with Crippen LogP contribution in [-0.2, 0) is 17.8 Å². The zero-order valence-electron chi connectivity index (χ0n) is 15.0.